The minimum absolute atomic E-state index is 0.202. The highest BCUT2D eigenvalue weighted by Crippen LogP contribution is 2.38. The third kappa shape index (κ3) is 2.78. The van der Waals surface area contributed by atoms with Gasteiger partial charge in [0.2, 0.25) is 0 Å². The topological polar surface area (TPSA) is 3.24 Å². The summed E-state index contributed by atoms with van der Waals surface area (Å²) >= 11 is 12.1. The van der Waals surface area contributed by atoms with E-state index in [1.807, 2.05) is 12.1 Å². The van der Waals surface area contributed by atoms with Crippen LogP contribution in [0.4, 0.5) is 0 Å². The number of rotatable bonds is 1. The highest BCUT2D eigenvalue weighted by Gasteiger charge is 2.33. The first kappa shape index (κ1) is 13.2. The van der Waals surface area contributed by atoms with Gasteiger partial charge in [-0.25, -0.2) is 0 Å². The number of benzene rings is 1. The smallest absolute Gasteiger partial charge is 0.0595 e. The summed E-state index contributed by atoms with van der Waals surface area (Å²) < 4.78 is 0. The minimum atomic E-state index is 0.202. The molecule has 2 rings (SSSR count). The quantitative estimate of drug-likeness (QED) is 0.700. The number of halogens is 2. The van der Waals surface area contributed by atoms with Gasteiger partial charge in [-0.05, 0) is 57.9 Å². The van der Waals surface area contributed by atoms with E-state index in [1.54, 1.807) is 0 Å². The van der Waals surface area contributed by atoms with Crippen LogP contribution in [0, 0.1) is 0 Å². The Hall–Kier alpha value is -0.240. The molecule has 0 amide bonds. The maximum atomic E-state index is 6.10. The van der Waals surface area contributed by atoms with Crippen LogP contribution >= 0.6 is 23.2 Å². The van der Waals surface area contributed by atoms with Crippen molar-refractivity contribution >= 4 is 23.2 Å². The Morgan fingerprint density at radius 1 is 1.18 bits per heavy atom. The fraction of sp³-hybridized carbons (Fsp3) is 0.571. The van der Waals surface area contributed by atoms with Crippen LogP contribution in [0.15, 0.2) is 18.2 Å². The highest BCUT2D eigenvalue weighted by molar-refractivity contribution is 6.42. The lowest BCUT2D eigenvalue weighted by Gasteiger charge is -2.37. The zero-order valence-corrected chi connectivity index (χ0v) is 12.1. The highest BCUT2D eigenvalue weighted by atomic mass is 35.5. The van der Waals surface area contributed by atoms with E-state index in [4.69, 9.17) is 23.2 Å². The molecule has 94 valence electrons. The van der Waals surface area contributed by atoms with E-state index in [9.17, 15) is 0 Å². The van der Waals surface area contributed by atoms with Gasteiger partial charge >= 0.3 is 0 Å². The van der Waals surface area contributed by atoms with Gasteiger partial charge in [0, 0.05) is 11.6 Å². The average Bonchev–Trinajstić information content (AvgIpc) is 2.70. The van der Waals surface area contributed by atoms with Gasteiger partial charge in [-0.3, -0.25) is 4.90 Å². The zero-order chi connectivity index (χ0) is 12.6. The number of hydrogen-bond acceptors (Lipinski definition) is 1. The van der Waals surface area contributed by atoms with Crippen molar-refractivity contribution in [1.29, 1.82) is 0 Å². The molecule has 17 heavy (non-hydrogen) atoms. The Labute approximate surface area is 114 Å². The summed E-state index contributed by atoms with van der Waals surface area (Å²) in [4.78, 5) is 2.55. The van der Waals surface area contributed by atoms with Gasteiger partial charge in [-0.1, -0.05) is 29.3 Å². The van der Waals surface area contributed by atoms with Crippen molar-refractivity contribution < 1.29 is 0 Å². The lowest BCUT2D eigenvalue weighted by atomic mass is 9.99. The lowest BCUT2D eigenvalue weighted by molar-refractivity contribution is 0.121. The second-order valence-corrected chi connectivity index (χ2v) is 6.51. The Bertz CT molecular complexity index is 409. The molecular formula is C14H19Cl2N. The first-order chi connectivity index (χ1) is 7.89. The largest absolute Gasteiger partial charge is 0.291 e. The SMILES string of the molecule is CC(C)(C)N1CCCC1c1ccc(Cl)c(Cl)c1. The molecule has 0 saturated carbocycles. The number of nitrogens with zero attached hydrogens (tertiary/aromatic N) is 1. The van der Waals surface area contributed by atoms with Gasteiger partial charge in [0.25, 0.3) is 0 Å². The van der Waals surface area contributed by atoms with E-state index in [2.05, 4.69) is 31.7 Å². The van der Waals surface area contributed by atoms with E-state index in [-0.39, 0.29) is 5.54 Å². The Kier molecular flexibility index (Phi) is 3.72. The van der Waals surface area contributed by atoms with Crippen LogP contribution in [-0.2, 0) is 0 Å². The third-order valence-electron chi connectivity index (χ3n) is 3.44. The molecular weight excluding hydrogens is 253 g/mol. The molecule has 3 heteroatoms. The van der Waals surface area contributed by atoms with Gasteiger partial charge in [-0.15, -0.1) is 0 Å². The summed E-state index contributed by atoms with van der Waals surface area (Å²) in [7, 11) is 0. The van der Waals surface area contributed by atoms with Crippen LogP contribution in [0.2, 0.25) is 10.0 Å². The van der Waals surface area contributed by atoms with Gasteiger partial charge in [0.15, 0.2) is 0 Å². The second kappa shape index (κ2) is 4.79. The molecule has 1 fully saturated rings. The van der Waals surface area contributed by atoms with E-state index < -0.39 is 0 Å². The molecule has 1 aromatic rings. The second-order valence-electron chi connectivity index (χ2n) is 5.70. The van der Waals surface area contributed by atoms with Crippen LogP contribution in [0.25, 0.3) is 0 Å². The first-order valence-corrected chi connectivity index (χ1v) is 6.87. The fourth-order valence-electron chi connectivity index (χ4n) is 2.64. The van der Waals surface area contributed by atoms with Crippen molar-refractivity contribution in [3.8, 4) is 0 Å². The molecule has 0 spiro atoms. The van der Waals surface area contributed by atoms with E-state index >= 15 is 0 Å². The molecule has 1 atom stereocenters. The van der Waals surface area contributed by atoms with Crippen LogP contribution in [-0.4, -0.2) is 17.0 Å². The van der Waals surface area contributed by atoms with Crippen LogP contribution < -0.4 is 0 Å². The lowest BCUT2D eigenvalue weighted by Crippen LogP contribution is -2.40. The summed E-state index contributed by atoms with van der Waals surface area (Å²) in [5.74, 6) is 0. The van der Waals surface area contributed by atoms with Crippen LogP contribution in [0.5, 0.6) is 0 Å². The van der Waals surface area contributed by atoms with Gasteiger partial charge in [0.1, 0.15) is 0 Å². The minimum Gasteiger partial charge on any atom is -0.291 e. The van der Waals surface area contributed by atoms with E-state index in [1.165, 1.54) is 18.4 Å². The standard InChI is InChI=1S/C14H19Cl2N/c1-14(2,3)17-8-4-5-13(17)10-6-7-11(15)12(16)9-10/h6-7,9,13H,4-5,8H2,1-3H3. The van der Waals surface area contributed by atoms with Gasteiger partial charge < -0.3 is 0 Å². The average molecular weight is 272 g/mol. The first-order valence-electron chi connectivity index (χ1n) is 6.11. The van der Waals surface area contributed by atoms with E-state index in [0.29, 0.717) is 16.1 Å². The zero-order valence-electron chi connectivity index (χ0n) is 10.6. The molecule has 1 saturated heterocycles. The van der Waals surface area contributed by atoms with Crippen molar-refractivity contribution in [1.82, 2.24) is 4.90 Å². The predicted octanol–water partition coefficient (Wildman–Crippen LogP) is 4.93. The Morgan fingerprint density at radius 2 is 1.88 bits per heavy atom. The molecule has 0 N–H and O–H groups in total. The predicted molar refractivity (Wildman–Crippen MR) is 74.9 cm³/mol. The number of hydrogen-bond donors (Lipinski definition) is 0. The Balaban J connectivity index is 2.29. The molecule has 0 radical (unpaired) electrons. The summed E-state index contributed by atoms with van der Waals surface area (Å²) in [5, 5.41) is 1.29. The molecule has 1 unspecified atom stereocenters. The monoisotopic (exact) mass is 271 g/mol. The van der Waals surface area contributed by atoms with Crippen LogP contribution in [0.1, 0.15) is 45.2 Å². The summed E-state index contributed by atoms with van der Waals surface area (Å²) in [6.07, 6.45) is 2.46. The summed E-state index contributed by atoms with van der Waals surface area (Å²) in [6, 6.07) is 6.49. The number of likely N-dealkylation sites (tertiary alicyclic amines) is 1. The molecule has 0 aliphatic carbocycles. The molecule has 1 nitrogen and oxygen atoms in total. The van der Waals surface area contributed by atoms with Crippen molar-refractivity contribution in [2.75, 3.05) is 6.54 Å². The summed E-state index contributed by atoms with van der Waals surface area (Å²) in [6.45, 7) is 7.96. The fourth-order valence-corrected chi connectivity index (χ4v) is 2.94. The van der Waals surface area contributed by atoms with Gasteiger partial charge in [-0.2, -0.15) is 0 Å². The van der Waals surface area contributed by atoms with Crippen molar-refractivity contribution in [2.24, 2.45) is 0 Å². The molecule has 1 aliphatic rings. The van der Waals surface area contributed by atoms with Crippen molar-refractivity contribution in [2.45, 2.75) is 45.2 Å². The summed E-state index contributed by atoms with van der Waals surface area (Å²) in [5.41, 5.74) is 1.49. The van der Waals surface area contributed by atoms with Crippen LogP contribution in [0.3, 0.4) is 0 Å². The molecule has 0 aromatic heterocycles. The van der Waals surface area contributed by atoms with Crippen molar-refractivity contribution in [3.63, 3.8) is 0 Å². The molecule has 1 aromatic carbocycles. The molecule has 1 aliphatic heterocycles. The normalized spacial score (nSPS) is 22.1. The van der Waals surface area contributed by atoms with Gasteiger partial charge in [0.05, 0.1) is 10.0 Å². The Morgan fingerprint density at radius 3 is 2.47 bits per heavy atom. The molecule has 0 bridgehead atoms. The van der Waals surface area contributed by atoms with Crippen molar-refractivity contribution in [3.05, 3.63) is 33.8 Å². The maximum absolute atomic E-state index is 6.10. The third-order valence-corrected chi connectivity index (χ3v) is 4.18. The molecule has 1 heterocycles. The van der Waals surface area contributed by atoms with E-state index in [0.717, 1.165) is 6.54 Å². The maximum Gasteiger partial charge on any atom is 0.0595 e.